The fraction of sp³-hybridized carbons (Fsp3) is 0.308. The maximum Gasteiger partial charge on any atom is 0.374 e. The summed E-state index contributed by atoms with van der Waals surface area (Å²) in [5.74, 6) is -1.50. The van der Waals surface area contributed by atoms with Crippen molar-refractivity contribution < 1.29 is 23.5 Å². The normalized spacial score (nSPS) is 10.5. The number of ether oxygens (including phenoxy) is 2. The molecule has 0 bridgehead atoms. The number of furan rings is 1. The van der Waals surface area contributed by atoms with E-state index in [4.69, 9.17) is 13.9 Å². The number of rotatable bonds is 4. The van der Waals surface area contributed by atoms with Gasteiger partial charge in [0, 0.05) is 12.3 Å². The monoisotopic (exact) mass is 279 g/mol. The Morgan fingerprint density at radius 2 is 1.85 bits per heavy atom. The van der Waals surface area contributed by atoms with E-state index in [-0.39, 0.29) is 35.6 Å². The van der Waals surface area contributed by atoms with Crippen LogP contribution >= 0.6 is 0 Å². The number of carbonyl (C=O) groups is 2. The summed E-state index contributed by atoms with van der Waals surface area (Å²) in [7, 11) is 0. The first-order chi connectivity index (χ1) is 9.58. The van der Waals surface area contributed by atoms with Crippen LogP contribution in [0.15, 0.2) is 21.5 Å². The molecule has 0 aromatic carbocycles. The molecule has 0 aliphatic heterocycles. The highest BCUT2D eigenvalue weighted by molar-refractivity contribution is 5.95. The van der Waals surface area contributed by atoms with Crippen molar-refractivity contribution in [3.05, 3.63) is 33.8 Å². The minimum Gasteiger partial charge on any atom is -0.462 e. The lowest BCUT2D eigenvalue weighted by Gasteiger charge is -1.99. The van der Waals surface area contributed by atoms with E-state index < -0.39 is 17.4 Å². The molecule has 0 unspecified atom stereocenters. The van der Waals surface area contributed by atoms with Gasteiger partial charge in [-0.25, -0.2) is 9.59 Å². The van der Waals surface area contributed by atoms with Gasteiger partial charge in [-0.2, -0.15) is 0 Å². The molecular formula is C13H13NO6. The predicted molar refractivity (Wildman–Crippen MR) is 68.7 cm³/mol. The first-order valence-electron chi connectivity index (χ1n) is 6.08. The number of hydrogen-bond acceptors (Lipinski definition) is 6. The Balaban J connectivity index is 2.48. The summed E-state index contributed by atoms with van der Waals surface area (Å²) in [6, 6.07) is 1.24. The van der Waals surface area contributed by atoms with Crippen molar-refractivity contribution >= 4 is 23.0 Å². The average molecular weight is 279 g/mol. The molecule has 2 heterocycles. The summed E-state index contributed by atoms with van der Waals surface area (Å²) in [5.41, 5.74) is -0.599. The van der Waals surface area contributed by atoms with Crippen LogP contribution in [0.25, 0.3) is 11.1 Å². The number of esters is 2. The van der Waals surface area contributed by atoms with Gasteiger partial charge in [0.15, 0.2) is 0 Å². The van der Waals surface area contributed by atoms with Crippen LogP contribution in [0.1, 0.15) is 34.8 Å². The number of H-pyrrole nitrogens is 1. The third-order valence-electron chi connectivity index (χ3n) is 2.54. The van der Waals surface area contributed by atoms with Crippen LogP contribution in [0.3, 0.4) is 0 Å². The van der Waals surface area contributed by atoms with E-state index in [0.717, 1.165) is 0 Å². The zero-order chi connectivity index (χ0) is 14.7. The van der Waals surface area contributed by atoms with Crippen molar-refractivity contribution in [2.45, 2.75) is 13.8 Å². The summed E-state index contributed by atoms with van der Waals surface area (Å²) in [4.78, 5) is 37.9. The van der Waals surface area contributed by atoms with Crippen molar-refractivity contribution in [1.82, 2.24) is 4.98 Å². The smallest absolute Gasteiger partial charge is 0.374 e. The molecule has 1 N–H and O–H groups in total. The largest absolute Gasteiger partial charge is 0.462 e. The summed E-state index contributed by atoms with van der Waals surface area (Å²) < 4.78 is 14.7. The fourth-order valence-corrected chi connectivity index (χ4v) is 1.68. The molecule has 0 radical (unpaired) electrons. The van der Waals surface area contributed by atoms with E-state index in [1.54, 1.807) is 13.8 Å². The second kappa shape index (κ2) is 5.60. The third kappa shape index (κ3) is 2.42. The Hall–Kier alpha value is -2.57. The topological polar surface area (TPSA) is 98.6 Å². The summed E-state index contributed by atoms with van der Waals surface area (Å²) >= 11 is 0. The number of fused-ring (bicyclic) bond motifs is 1. The molecule has 0 aliphatic rings. The second-order valence-corrected chi connectivity index (χ2v) is 3.83. The van der Waals surface area contributed by atoms with Gasteiger partial charge in [0.1, 0.15) is 5.56 Å². The highest BCUT2D eigenvalue weighted by Crippen LogP contribution is 2.15. The van der Waals surface area contributed by atoms with Crippen LogP contribution in [-0.4, -0.2) is 30.1 Å². The van der Waals surface area contributed by atoms with Gasteiger partial charge in [-0.1, -0.05) is 0 Å². The standard InChI is InChI=1S/C13H13NO6/c1-3-18-12(16)8-6-14-11-7(10(8)15)5-9(20-11)13(17)19-4-2/h5-6H,3-4H2,1-2H3,(H,14,15). The first-order valence-corrected chi connectivity index (χ1v) is 6.08. The Morgan fingerprint density at radius 3 is 2.50 bits per heavy atom. The molecule has 7 heteroatoms. The lowest BCUT2D eigenvalue weighted by molar-refractivity contribution is 0.0489. The highest BCUT2D eigenvalue weighted by atomic mass is 16.5. The van der Waals surface area contributed by atoms with Crippen LogP contribution in [-0.2, 0) is 9.47 Å². The molecule has 0 fully saturated rings. The van der Waals surface area contributed by atoms with E-state index in [1.807, 2.05) is 0 Å². The van der Waals surface area contributed by atoms with Gasteiger partial charge in [0.05, 0.1) is 18.6 Å². The van der Waals surface area contributed by atoms with E-state index in [9.17, 15) is 14.4 Å². The minimum atomic E-state index is -0.727. The number of pyridine rings is 1. The second-order valence-electron chi connectivity index (χ2n) is 3.83. The molecule has 0 saturated heterocycles. The molecule has 0 amide bonds. The summed E-state index contributed by atoms with van der Waals surface area (Å²) in [6.07, 6.45) is 1.20. The van der Waals surface area contributed by atoms with Gasteiger partial charge >= 0.3 is 11.9 Å². The molecule has 2 aromatic rings. The SMILES string of the molecule is CCOC(=O)c1cc2c(=O)c(C(=O)OCC)c[nH]c2o1. The Labute approximate surface area is 113 Å². The Kier molecular flexibility index (Phi) is 3.88. The Bertz CT molecular complexity index is 711. The molecule has 2 rings (SSSR count). The quantitative estimate of drug-likeness (QED) is 0.851. The molecule has 0 spiro atoms. The van der Waals surface area contributed by atoms with E-state index in [1.165, 1.54) is 12.3 Å². The molecule has 0 atom stereocenters. The van der Waals surface area contributed by atoms with Gasteiger partial charge in [0.2, 0.25) is 16.9 Å². The highest BCUT2D eigenvalue weighted by Gasteiger charge is 2.19. The molecule has 20 heavy (non-hydrogen) atoms. The van der Waals surface area contributed by atoms with Crippen molar-refractivity contribution in [3.8, 4) is 0 Å². The predicted octanol–water partition coefficient (Wildman–Crippen LogP) is 1.47. The Morgan fingerprint density at radius 1 is 1.20 bits per heavy atom. The molecule has 0 saturated carbocycles. The molecule has 7 nitrogen and oxygen atoms in total. The zero-order valence-corrected chi connectivity index (χ0v) is 11.0. The molecule has 2 aromatic heterocycles. The number of aromatic amines is 1. The molecular weight excluding hydrogens is 266 g/mol. The van der Waals surface area contributed by atoms with Crippen molar-refractivity contribution in [2.24, 2.45) is 0 Å². The van der Waals surface area contributed by atoms with Gasteiger partial charge < -0.3 is 18.9 Å². The van der Waals surface area contributed by atoms with E-state index in [2.05, 4.69) is 4.98 Å². The van der Waals surface area contributed by atoms with Crippen molar-refractivity contribution in [2.75, 3.05) is 13.2 Å². The number of hydrogen-bond donors (Lipinski definition) is 1. The molecule has 106 valence electrons. The van der Waals surface area contributed by atoms with Crippen LogP contribution in [0.5, 0.6) is 0 Å². The zero-order valence-electron chi connectivity index (χ0n) is 11.0. The number of nitrogens with one attached hydrogen (secondary N) is 1. The van der Waals surface area contributed by atoms with E-state index in [0.29, 0.717) is 0 Å². The minimum absolute atomic E-state index is 0.0959. The molecule has 0 aliphatic carbocycles. The summed E-state index contributed by atoms with van der Waals surface area (Å²) in [6.45, 7) is 3.65. The van der Waals surface area contributed by atoms with E-state index >= 15 is 0 Å². The van der Waals surface area contributed by atoms with Crippen LogP contribution < -0.4 is 5.43 Å². The average Bonchev–Trinajstić information content (AvgIpc) is 2.84. The first kappa shape index (κ1) is 13.9. The van der Waals surface area contributed by atoms with Crippen LogP contribution in [0.4, 0.5) is 0 Å². The van der Waals surface area contributed by atoms with Crippen LogP contribution in [0.2, 0.25) is 0 Å². The van der Waals surface area contributed by atoms with Crippen molar-refractivity contribution in [1.29, 1.82) is 0 Å². The number of aromatic nitrogens is 1. The maximum atomic E-state index is 12.1. The van der Waals surface area contributed by atoms with Gasteiger partial charge in [-0.15, -0.1) is 0 Å². The maximum absolute atomic E-state index is 12.1. The lowest BCUT2D eigenvalue weighted by Crippen LogP contribution is -2.17. The van der Waals surface area contributed by atoms with Gasteiger partial charge in [-0.05, 0) is 13.8 Å². The van der Waals surface area contributed by atoms with Crippen molar-refractivity contribution in [3.63, 3.8) is 0 Å². The van der Waals surface area contributed by atoms with Gasteiger partial charge in [-0.3, -0.25) is 4.79 Å². The summed E-state index contributed by atoms with van der Waals surface area (Å²) in [5, 5.41) is 0.0959. The van der Waals surface area contributed by atoms with Crippen LogP contribution in [0, 0.1) is 0 Å². The number of carbonyl (C=O) groups excluding carboxylic acids is 2. The fourth-order valence-electron chi connectivity index (χ4n) is 1.68. The lowest BCUT2D eigenvalue weighted by atomic mass is 10.2. The third-order valence-corrected chi connectivity index (χ3v) is 2.54. The van der Waals surface area contributed by atoms with Gasteiger partial charge in [0.25, 0.3) is 0 Å².